The maximum atomic E-state index is 12.5. The van der Waals surface area contributed by atoms with Gasteiger partial charge in [0, 0.05) is 32.8 Å². The Hall–Kier alpha value is -1.92. The molecule has 2 unspecified atom stereocenters. The molecular weight excluding hydrogens is 342 g/mol. The second-order valence-corrected chi connectivity index (χ2v) is 7.42. The summed E-state index contributed by atoms with van der Waals surface area (Å²) in [4.78, 5) is 29.0. The van der Waals surface area contributed by atoms with Crippen LogP contribution in [0.2, 0.25) is 0 Å². The summed E-state index contributed by atoms with van der Waals surface area (Å²) in [7, 11) is 0. The molecule has 0 spiro atoms. The van der Waals surface area contributed by atoms with E-state index in [2.05, 4.69) is 29.3 Å². The number of hydrogen-bond acceptors (Lipinski definition) is 4. The van der Waals surface area contributed by atoms with Gasteiger partial charge in [0.1, 0.15) is 6.10 Å². The Kier molecular flexibility index (Phi) is 7.24. The summed E-state index contributed by atoms with van der Waals surface area (Å²) >= 11 is 0. The Bertz CT molecular complexity index is 608. The van der Waals surface area contributed by atoms with Gasteiger partial charge in [0.05, 0.1) is 12.6 Å². The predicted octanol–water partition coefficient (Wildman–Crippen LogP) is 1.97. The van der Waals surface area contributed by atoms with Crippen LogP contribution in [0, 0.1) is 0 Å². The molecule has 2 atom stereocenters. The quantitative estimate of drug-likeness (QED) is 0.794. The third-order valence-corrected chi connectivity index (χ3v) is 5.37. The van der Waals surface area contributed by atoms with Crippen LogP contribution < -0.4 is 5.32 Å². The van der Waals surface area contributed by atoms with E-state index in [0.717, 1.165) is 44.3 Å². The Labute approximate surface area is 161 Å². The number of nitrogens with one attached hydrogen (secondary N) is 1. The van der Waals surface area contributed by atoms with Crippen LogP contribution in [0.4, 0.5) is 0 Å². The van der Waals surface area contributed by atoms with E-state index in [0.29, 0.717) is 26.2 Å². The largest absolute Gasteiger partial charge is 0.368 e. The average Bonchev–Trinajstić information content (AvgIpc) is 3.23. The van der Waals surface area contributed by atoms with Crippen molar-refractivity contribution >= 4 is 11.8 Å². The molecule has 0 bridgehead atoms. The minimum atomic E-state index is -0.250. The zero-order valence-corrected chi connectivity index (χ0v) is 16.2. The first-order chi connectivity index (χ1) is 13.2. The van der Waals surface area contributed by atoms with E-state index in [4.69, 9.17) is 4.74 Å². The normalized spacial score (nSPS) is 21.8. The van der Waals surface area contributed by atoms with Crippen LogP contribution in [0.25, 0.3) is 0 Å². The van der Waals surface area contributed by atoms with Crippen molar-refractivity contribution in [1.82, 2.24) is 15.1 Å². The van der Waals surface area contributed by atoms with Crippen LogP contribution in [0.3, 0.4) is 0 Å². The highest BCUT2D eigenvalue weighted by Gasteiger charge is 2.30. The van der Waals surface area contributed by atoms with Crippen molar-refractivity contribution in [2.45, 2.75) is 44.8 Å². The van der Waals surface area contributed by atoms with E-state index < -0.39 is 0 Å². The molecule has 2 aliphatic heterocycles. The topological polar surface area (TPSA) is 61.9 Å². The van der Waals surface area contributed by atoms with Crippen molar-refractivity contribution in [3.8, 4) is 0 Å². The van der Waals surface area contributed by atoms with Gasteiger partial charge in [-0.15, -0.1) is 0 Å². The van der Waals surface area contributed by atoms with E-state index in [1.54, 1.807) is 0 Å². The Morgan fingerprint density at radius 1 is 1.19 bits per heavy atom. The Balaban J connectivity index is 1.45. The van der Waals surface area contributed by atoms with Gasteiger partial charge in [0.15, 0.2) is 0 Å². The summed E-state index contributed by atoms with van der Waals surface area (Å²) < 4.78 is 5.50. The Morgan fingerprint density at radius 2 is 1.93 bits per heavy atom. The fourth-order valence-electron chi connectivity index (χ4n) is 3.84. The molecule has 2 aliphatic rings. The lowest BCUT2D eigenvalue weighted by Gasteiger charge is -2.35. The minimum absolute atomic E-state index is 0.0520. The number of carbonyl (C=O) groups excluding carboxylic acids is 2. The minimum Gasteiger partial charge on any atom is -0.368 e. The fraction of sp³-hybridized carbons (Fsp3) is 0.619. The van der Waals surface area contributed by atoms with E-state index in [1.165, 1.54) is 0 Å². The number of piperazine rings is 1. The van der Waals surface area contributed by atoms with Crippen molar-refractivity contribution in [2.75, 3.05) is 39.3 Å². The van der Waals surface area contributed by atoms with Crippen LogP contribution in [-0.2, 0) is 14.3 Å². The number of benzene rings is 1. The van der Waals surface area contributed by atoms with Crippen molar-refractivity contribution in [2.24, 2.45) is 0 Å². The molecule has 0 aromatic heterocycles. The Morgan fingerprint density at radius 3 is 2.56 bits per heavy atom. The van der Waals surface area contributed by atoms with Crippen LogP contribution in [0.5, 0.6) is 0 Å². The van der Waals surface area contributed by atoms with Gasteiger partial charge in [-0.2, -0.15) is 0 Å². The number of ether oxygens (including phenoxy) is 1. The predicted molar refractivity (Wildman–Crippen MR) is 104 cm³/mol. The molecule has 2 saturated heterocycles. The van der Waals surface area contributed by atoms with Gasteiger partial charge in [-0.05, 0) is 24.8 Å². The van der Waals surface area contributed by atoms with Crippen LogP contribution in [-0.4, -0.2) is 67.0 Å². The molecule has 1 N–H and O–H groups in total. The molecule has 148 valence electrons. The smallest absolute Gasteiger partial charge is 0.251 e. The zero-order valence-electron chi connectivity index (χ0n) is 16.2. The number of rotatable bonds is 7. The summed E-state index contributed by atoms with van der Waals surface area (Å²) in [5, 5.41) is 3.18. The monoisotopic (exact) mass is 373 g/mol. The SMILES string of the molecule is CCCC(NC(=O)CN1CCN(C(=O)C2CCCO2)CC1)c1ccccc1. The van der Waals surface area contributed by atoms with Crippen molar-refractivity contribution in [1.29, 1.82) is 0 Å². The number of nitrogens with zero attached hydrogens (tertiary/aromatic N) is 2. The molecule has 0 aliphatic carbocycles. The standard InChI is InChI=1S/C21H31N3O3/c1-2-7-18(17-8-4-3-5-9-17)22-20(25)16-23-11-13-24(14-12-23)21(26)19-10-6-15-27-19/h3-5,8-9,18-19H,2,6-7,10-16H2,1H3,(H,22,25). The van der Waals surface area contributed by atoms with Gasteiger partial charge >= 0.3 is 0 Å². The molecule has 0 saturated carbocycles. The fourth-order valence-corrected chi connectivity index (χ4v) is 3.84. The van der Waals surface area contributed by atoms with Crippen LogP contribution in [0.1, 0.15) is 44.2 Å². The van der Waals surface area contributed by atoms with Crippen molar-refractivity contribution < 1.29 is 14.3 Å². The van der Waals surface area contributed by atoms with Gasteiger partial charge in [-0.25, -0.2) is 0 Å². The maximum Gasteiger partial charge on any atom is 0.251 e. The van der Waals surface area contributed by atoms with Crippen LogP contribution in [0.15, 0.2) is 30.3 Å². The molecule has 2 amide bonds. The number of amides is 2. The first-order valence-corrected chi connectivity index (χ1v) is 10.1. The third kappa shape index (κ3) is 5.53. The summed E-state index contributed by atoms with van der Waals surface area (Å²) in [6, 6.07) is 10.2. The summed E-state index contributed by atoms with van der Waals surface area (Å²) in [5.74, 6) is 0.167. The lowest BCUT2D eigenvalue weighted by molar-refractivity contribution is -0.142. The summed E-state index contributed by atoms with van der Waals surface area (Å²) in [6.07, 6.45) is 3.50. The second kappa shape index (κ2) is 9.85. The molecule has 0 radical (unpaired) electrons. The summed E-state index contributed by atoms with van der Waals surface area (Å²) in [5.41, 5.74) is 1.15. The van der Waals surface area contributed by atoms with Crippen LogP contribution >= 0.6 is 0 Å². The van der Waals surface area contributed by atoms with Crippen molar-refractivity contribution in [3.05, 3.63) is 35.9 Å². The van der Waals surface area contributed by atoms with E-state index in [-0.39, 0.29) is 24.0 Å². The van der Waals surface area contributed by atoms with Gasteiger partial charge in [0.25, 0.3) is 5.91 Å². The number of hydrogen-bond donors (Lipinski definition) is 1. The molecule has 27 heavy (non-hydrogen) atoms. The second-order valence-electron chi connectivity index (χ2n) is 7.42. The average molecular weight is 373 g/mol. The zero-order chi connectivity index (χ0) is 19.1. The molecule has 3 rings (SSSR count). The van der Waals surface area contributed by atoms with Gasteiger partial charge < -0.3 is 15.0 Å². The molecule has 2 fully saturated rings. The van der Waals surface area contributed by atoms with E-state index in [9.17, 15) is 9.59 Å². The van der Waals surface area contributed by atoms with Gasteiger partial charge in [-0.1, -0.05) is 43.7 Å². The first-order valence-electron chi connectivity index (χ1n) is 10.1. The number of carbonyl (C=O) groups is 2. The first kappa shape index (κ1) is 19.8. The van der Waals surface area contributed by atoms with Crippen molar-refractivity contribution in [3.63, 3.8) is 0 Å². The van der Waals surface area contributed by atoms with E-state index in [1.807, 2.05) is 23.1 Å². The lowest BCUT2D eigenvalue weighted by atomic mass is 10.0. The van der Waals surface area contributed by atoms with Gasteiger partial charge in [0.2, 0.25) is 5.91 Å². The third-order valence-electron chi connectivity index (χ3n) is 5.37. The lowest BCUT2D eigenvalue weighted by Crippen LogP contribution is -2.53. The molecule has 1 aromatic rings. The maximum absolute atomic E-state index is 12.5. The van der Waals surface area contributed by atoms with E-state index >= 15 is 0 Å². The molecule has 6 heteroatoms. The highest BCUT2D eigenvalue weighted by Crippen LogP contribution is 2.18. The van der Waals surface area contributed by atoms with Gasteiger partial charge in [-0.3, -0.25) is 14.5 Å². The molecule has 6 nitrogen and oxygen atoms in total. The molecular formula is C21H31N3O3. The molecule has 1 aromatic carbocycles. The highest BCUT2D eigenvalue weighted by atomic mass is 16.5. The molecule has 2 heterocycles. The summed E-state index contributed by atoms with van der Waals surface area (Å²) in [6.45, 7) is 6.01. The highest BCUT2D eigenvalue weighted by molar-refractivity contribution is 5.81.